The van der Waals surface area contributed by atoms with Crippen molar-refractivity contribution >= 4 is 12.0 Å². The van der Waals surface area contributed by atoms with Crippen molar-refractivity contribution in [2.45, 2.75) is 6.18 Å². The van der Waals surface area contributed by atoms with Crippen LogP contribution in [-0.4, -0.2) is 49.6 Å². The number of ether oxygens (including phenoxy) is 1. The maximum Gasteiger partial charge on any atom is 0.405 e. The van der Waals surface area contributed by atoms with E-state index in [2.05, 4.69) is 10.1 Å². The quantitative estimate of drug-likeness (QED) is 0.571. The molecule has 0 spiro atoms. The molecule has 0 aliphatic rings. The molecule has 0 aromatic carbocycles. The summed E-state index contributed by atoms with van der Waals surface area (Å²) in [6, 6.07) is -0.990. The molecule has 6 nitrogen and oxygen atoms in total. The van der Waals surface area contributed by atoms with Crippen molar-refractivity contribution in [1.29, 1.82) is 0 Å². The first-order valence-electron chi connectivity index (χ1n) is 4.19. The maximum atomic E-state index is 11.6. The smallest absolute Gasteiger partial charge is 0.405 e. The molecule has 2 amide bonds. The molecule has 0 aromatic rings. The van der Waals surface area contributed by atoms with Crippen LogP contribution in [0.25, 0.3) is 0 Å². The topological polar surface area (TPSA) is 87.7 Å². The number of carboxylic acids is 1. The molecule has 0 saturated carbocycles. The first-order valence-corrected chi connectivity index (χ1v) is 4.19. The van der Waals surface area contributed by atoms with E-state index in [4.69, 9.17) is 5.11 Å². The summed E-state index contributed by atoms with van der Waals surface area (Å²) in [5.41, 5.74) is 0. The van der Waals surface area contributed by atoms with Crippen LogP contribution in [0.1, 0.15) is 0 Å². The average molecular weight is 244 g/mol. The summed E-state index contributed by atoms with van der Waals surface area (Å²) in [7, 11) is 0. The minimum Gasteiger partial charge on any atom is -0.480 e. The Hall–Kier alpha value is -1.51. The molecule has 0 unspecified atom stereocenters. The summed E-state index contributed by atoms with van der Waals surface area (Å²) in [6.07, 6.45) is -4.46. The van der Waals surface area contributed by atoms with Crippen molar-refractivity contribution in [2.75, 3.05) is 26.3 Å². The van der Waals surface area contributed by atoms with Crippen LogP contribution in [0.5, 0.6) is 0 Å². The molecule has 0 aliphatic carbocycles. The molecule has 0 radical (unpaired) electrons. The van der Waals surface area contributed by atoms with Crippen LogP contribution in [0, 0.1) is 0 Å². The number of carbonyl (C=O) groups is 2. The lowest BCUT2D eigenvalue weighted by Crippen LogP contribution is -2.41. The van der Waals surface area contributed by atoms with E-state index in [0.29, 0.717) is 0 Å². The highest BCUT2D eigenvalue weighted by Gasteiger charge is 2.27. The number of aliphatic carboxylic acids is 1. The predicted octanol–water partition coefficient (Wildman–Crippen LogP) is -0.0509. The number of carbonyl (C=O) groups excluding carboxylic acids is 1. The normalized spacial score (nSPS) is 10.9. The van der Waals surface area contributed by atoms with E-state index < -0.39 is 31.3 Å². The van der Waals surface area contributed by atoms with Gasteiger partial charge in [0.05, 0.1) is 6.61 Å². The number of carboxylic acid groups (broad SMARTS) is 1. The Morgan fingerprint density at radius 1 is 1.25 bits per heavy atom. The number of hydrogen-bond donors (Lipinski definition) is 3. The van der Waals surface area contributed by atoms with E-state index in [1.165, 1.54) is 0 Å². The van der Waals surface area contributed by atoms with Crippen LogP contribution >= 0.6 is 0 Å². The zero-order chi connectivity index (χ0) is 12.6. The molecule has 0 bridgehead atoms. The van der Waals surface area contributed by atoms with Crippen LogP contribution in [-0.2, 0) is 9.53 Å². The van der Waals surface area contributed by atoms with Crippen LogP contribution < -0.4 is 10.6 Å². The molecule has 94 valence electrons. The highest BCUT2D eigenvalue weighted by molar-refractivity contribution is 5.73. The molecule has 0 saturated heterocycles. The van der Waals surface area contributed by atoms with E-state index in [1.54, 1.807) is 5.32 Å². The molecule has 0 atom stereocenters. The summed E-state index contributed by atoms with van der Waals surface area (Å²) in [5, 5.41) is 11.8. The van der Waals surface area contributed by atoms with Crippen LogP contribution in [0.4, 0.5) is 18.0 Å². The fourth-order valence-corrected chi connectivity index (χ4v) is 0.639. The molecule has 0 aliphatic heterocycles. The maximum absolute atomic E-state index is 11.6. The van der Waals surface area contributed by atoms with Crippen molar-refractivity contribution in [3.63, 3.8) is 0 Å². The number of nitrogens with one attached hydrogen (secondary N) is 2. The predicted molar refractivity (Wildman–Crippen MR) is 45.9 cm³/mol. The van der Waals surface area contributed by atoms with Gasteiger partial charge in [0, 0.05) is 6.54 Å². The lowest BCUT2D eigenvalue weighted by Gasteiger charge is -2.09. The van der Waals surface area contributed by atoms with E-state index >= 15 is 0 Å². The van der Waals surface area contributed by atoms with E-state index in [1.807, 2.05) is 0 Å². The molecule has 0 aromatic heterocycles. The van der Waals surface area contributed by atoms with Gasteiger partial charge in [0.15, 0.2) is 0 Å². The van der Waals surface area contributed by atoms with Gasteiger partial charge in [-0.05, 0) is 0 Å². The minimum absolute atomic E-state index is 0.0724. The molecule has 0 fully saturated rings. The Morgan fingerprint density at radius 3 is 2.38 bits per heavy atom. The Balaban J connectivity index is 3.41. The largest absolute Gasteiger partial charge is 0.480 e. The van der Waals surface area contributed by atoms with Crippen LogP contribution in [0.3, 0.4) is 0 Å². The first kappa shape index (κ1) is 14.5. The summed E-state index contributed by atoms with van der Waals surface area (Å²) in [6.45, 7) is -2.11. The minimum atomic E-state index is -4.46. The zero-order valence-corrected chi connectivity index (χ0v) is 8.13. The van der Waals surface area contributed by atoms with E-state index in [0.717, 1.165) is 0 Å². The molecule has 0 rings (SSSR count). The summed E-state index contributed by atoms with van der Waals surface area (Å²) >= 11 is 0. The SMILES string of the molecule is O=C(O)COCCNC(=O)NCC(F)(F)F. The van der Waals surface area contributed by atoms with Gasteiger partial charge in [-0.15, -0.1) is 0 Å². The van der Waals surface area contributed by atoms with Gasteiger partial charge in [0.25, 0.3) is 0 Å². The first-order chi connectivity index (χ1) is 7.31. The van der Waals surface area contributed by atoms with Gasteiger partial charge in [-0.3, -0.25) is 0 Å². The summed E-state index contributed by atoms with van der Waals surface area (Å²) in [5.74, 6) is -1.17. The van der Waals surface area contributed by atoms with Crippen molar-refractivity contribution < 1.29 is 32.6 Å². The molecule has 16 heavy (non-hydrogen) atoms. The van der Waals surface area contributed by atoms with Gasteiger partial charge >= 0.3 is 18.2 Å². The number of alkyl halides is 3. The fraction of sp³-hybridized carbons (Fsp3) is 0.714. The fourth-order valence-electron chi connectivity index (χ4n) is 0.639. The molecule has 3 N–H and O–H groups in total. The number of urea groups is 1. The monoisotopic (exact) mass is 244 g/mol. The summed E-state index contributed by atoms with van der Waals surface area (Å²) < 4.78 is 39.4. The van der Waals surface area contributed by atoms with E-state index in [-0.39, 0.29) is 13.2 Å². The Morgan fingerprint density at radius 2 is 1.88 bits per heavy atom. The van der Waals surface area contributed by atoms with E-state index in [9.17, 15) is 22.8 Å². The lowest BCUT2D eigenvalue weighted by atomic mass is 10.6. The van der Waals surface area contributed by atoms with Gasteiger partial charge in [0.2, 0.25) is 0 Å². The molecule has 9 heteroatoms. The second-order valence-corrected chi connectivity index (χ2v) is 2.67. The highest BCUT2D eigenvalue weighted by atomic mass is 19.4. The van der Waals surface area contributed by atoms with Gasteiger partial charge in [-0.1, -0.05) is 0 Å². The third-order valence-corrected chi connectivity index (χ3v) is 1.21. The molecular formula is C7H11F3N2O4. The number of amides is 2. The zero-order valence-electron chi connectivity index (χ0n) is 8.13. The Kier molecular flexibility index (Phi) is 6.23. The lowest BCUT2D eigenvalue weighted by molar-refractivity contribution is -0.142. The van der Waals surface area contributed by atoms with Gasteiger partial charge < -0.3 is 20.5 Å². The van der Waals surface area contributed by atoms with Crippen molar-refractivity contribution in [1.82, 2.24) is 10.6 Å². The van der Waals surface area contributed by atoms with Gasteiger partial charge in [0.1, 0.15) is 13.2 Å². The van der Waals surface area contributed by atoms with Gasteiger partial charge in [-0.25, -0.2) is 9.59 Å². The standard InChI is InChI=1S/C7H11F3N2O4/c8-7(9,10)4-12-6(15)11-1-2-16-3-5(13)14/h1-4H2,(H,13,14)(H2,11,12,15). The van der Waals surface area contributed by atoms with Gasteiger partial charge in [-0.2, -0.15) is 13.2 Å². The molecular weight excluding hydrogens is 233 g/mol. The number of hydrogen-bond acceptors (Lipinski definition) is 3. The van der Waals surface area contributed by atoms with Crippen LogP contribution in [0.15, 0.2) is 0 Å². The van der Waals surface area contributed by atoms with Crippen molar-refractivity contribution in [2.24, 2.45) is 0 Å². The third kappa shape index (κ3) is 10.6. The Labute approximate surface area is 88.8 Å². The molecule has 0 heterocycles. The van der Waals surface area contributed by atoms with Crippen molar-refractivity contribution in [3.05, 3.63) is 0 Å². The number of halogens is 3. The highest BCUT2D eigenvalue weighted by Crippen LogP contribution is 2.11. The second-order valence-electron chi connectivity index (χ2n) is 2.67. The van der Waals surface area contributed by atoms with Crippen molar-refractivity contribution in [3.8, 4) is 0 Å². The third-order valence-electron chi connectivity index (χ3n) is 1.21. The van der Waals surface area contributed by atoms with Crippen LogP contribution in [0.2, 0.25) is 0 Å². The average Bonchev–Trinajstić information content (AvgIpc) is 2.12. The Bertz CT molecular complexity index is 244. The number of rotatable bonds is 6. The summed E-state index contributed by atoms with van der Waals surface area (Å²) in [4.78, 5) is 20.7. The second kappa shape index (κ2) is 6.88.